The van der Waals surface area contributed by atoms with Crippen molar-refractivity contribution in [2.45, 2.75) is 0 Å². The largest absolute Gasteiger partial charge is 0.491 e. The summed E-state index contributed by atoms with van der Waals surface area (Å²) in [5.74, 6) is 0.893. The minimum Gasteiger partial charge on any atom is -0.491 e. The fourth-order valence-corrected chi connectivity index (χ4v) is 4.75. The molecule has 43 heavy (non-hydrogen) atoms. The zero-order valence-electron chi connectivity index (χ0n) is 24.5. The lowest BCUT2D eigenvalue weighted by molar-refractivity contribution is 0.261. The number of H-pyrrole nitrogens is 2. The number of ether oxygens (including phenoxy) is 1. The van der Waals surface area contributed by atoms with Crippen LogP contribution in [0.5, 0.6) is 5.75 Å². The van der Waals surface area contributed by atoms with Crippen molar-refractivity contribution >= 4 is 27.8 Å². The number of rotatable bonds is 11. The highest BCUT2D eigenvalue weighted by Gasteiger charge is 2.18. The summed E-state index contributed by atoms with van der Waals surface area (Å²) >= 11 is 0. The lowest BCUT2D eigenvalue weighted by Crippen LogP contribution is -2.20. The van der Waals surface area contributed by atoms with Gasteiger partial charge in [0.2, 0.25) is 0 Å². The van der Waals surface area contributed by atoms with Crippen LogP contribution in [0.3, 0.4) is 0 Å². The Morgan fingerprint density at radius 1 is 0.884 bits per heavy atom. The molecule has 5 aromatic heterocycles. The first-order valence-corrected chi connectivity index (χ1v) is 14.0. The molecule has 0 unspecified atom stereocenters. The first-order chi connectivity index (χ1) is 20.8. The van der Waals surface area contributed by atoms with Crippen molar-refractivity contribution in [1.82, 2.24) is 44.9 Å². The van der Waals surface area contributed by atoms with Crippen molar-refractivity contribution in [2.75, 3.05) is 59.7 Å². The number of fused-ring (bicyclic) bond motifs is 2. The van der Waals surface area contributed by atoms with E-state index in [4.69, 9.17) is 9.72 Å². The molecule has 6 rings (SSSR count). The van der Waals surface area contributed by atoms with E-state index in [0.29, 0.717) is 58.5 Å². The summed E-state index contributed by atoms with van der Waals surface area (Å²) in [4.78, 5) is 25.9. The third-order valence-corrected chi connectivity index (χ3v) is 6.95. The van der Waals surface area contributed by atoms with Gasteiger partial charge < -0.3 is 24.8 Å². The molecule has 0 radical (unpaired) electrons. The topological polar surface area (TPSA) is 124 Å². The Morgan fingerprint density at radius 3 is 2.56 bits per heavy atom. The van der Waals surface area contributed by atoms with Gasteiger partial charge in [0.05, 0.1) is 22.8 Å². The maximum atomic E-state index is 14.7. The summed E-state index contributed by atoms with van der Waals surface area (Å²) in [5, 5.41) is 11.6. The Hall–Kier alpha value is -4.94. The smallest absolute Gasteiger partial charge is 0.159 e. The molecule has 12 heteroatoms. The number of pyridine rings is 3. The molecule has 0 bridgehead atoms. The van der Waals surface area contributed by atoms with Crippen molar-refractivity contribution in [1.29, 1.82) is 0 Å². The third kappa shape index (κ3) is 6.30. The molecule has 0 saturated heterocycles. The normalized spacial score (nSPS) is 11.7. The van der Waals surface area contributed by atoms with Gasteiger partial charge in [-0.15, -0.1) is 0 Å². The summed E-state index contributed by atoms with van der Waals surface area (Å²) in [6.45, 7) is 2.88. The first kappa shape index (κ1) is 28.2. The van der Waals surface area contributed by atoms with Gasteiger partial charge in [0.15, 0.2) is 11.5 Å². The zero-order valence-corrected chi connectivity index (χ0v) is 24.5. The standard InChI is InChI=1S/C31H33FN10O/c1-41(2)8-7-34-23-12-19(11-22(32)15-23)27-29-26(5-6-35-27)37-31(38-29)28-25-14-21(17-36-30(25)40-39-28)20-13-24(18-33-16-20)43-10-9-42(3)4/h5-6,11-18,34H,7-10H2,1-4H3,(H,37,38)(H,36,39,40). The van der Waals surface area contributed by atoms with Crippen LogP contribution in [0.2, 0.25) is 0 Å². The Bertz CT molecular complexity index is 1880. The van der Waals surface area contributed by atoms with Gasteiger partial charge in [-0.3, -0.25) is 15.1 Å². The lowest BCUT2D eigenvalue weighted by Gasteiger charge is -2.12. The van der Waals surface area contributed by atoms with Crippen LogP contribution in [0.4, 0.5) is 10.1 Å². The Kier molecular flexibility index (Phi) is 7.95. The second-order valence-corrected chi connectivity index (χ2v) is 10.9. The predicted molar refractivity (Wildman–Crippen MR) is 166 cm³/mol. The van der Waals surface area contributed by atoms with E-state index in [-0.39, 0.29) is 5.82 Å². The number of halogens is 1. The summed E-state index contributed by atoms with van der Waals surface area (Å²) in [6.07, 6.45) is 6.95. The summed E-state index contributed by atoms with van der Waals surface area (Å²) < 4.78 is 20.5. The highest BCUT2D eigenvalue weighted by Crippen LogP contribution is 2.33. The minimum atomic E-state index is -0.349. The average Bonchev–Trinajstić information content (AvgIpc) is 3.60. The van der Waals surface area contributed by atoms with Crippen molar-refractivity contribution in [3.8, 4) is 39.7 Å². The minimum absolute atomic E-state index is 0.349. The number of anilines is 1. The van der Waals surface area contributed by atoms with Gasteiger partial charge in [-0.1, -0.05) is 0 Å². The number of imidazole rings is 1. The molecule has 1 aromatic carbocycles. The molecule has 0 saturated carbocycles. The van der Waals surface area contributed by atoms with Crippen LogP contribution in [-0.2, 0) is 0 Å². The van der Waals surface area contributed by atoms with Crippen molar-refractivity contribution < 1.29 is 9.13 Å². The second-order valence-electron chi connectivity index (χ2n) is 10.9. The molecule has 6 aromatic rings. The van der Waals surface area contributed by atoms with Crippen LogP contribution in [0.1, 0.15) is 0 Å². The van der Waals surface area contributed by atoms with E-state index in [1.165, 1.54) is 12.1 Å². The third-order valence-electron chi connectivity index (χ3n) is 6.95. The molecular weight excluding hydrogens is 547 g/mol. The maximum Gasteiger partial charge on any atom is 0.159 e. The van der Waals surface area contributed by atoms with Gasteiger partial charge in [0.25, 0.3) is 0 Å². The SMILES string of the molecule is CN(C)CCNc1cc(F)cc(-c2nccc3[nH]c(-c4n[nH]c5ncc(-c6cncc(OCCN(C)C)c6)cc45)nc23)c1. The van der Waals surface area contributed by atoms with Gasteiger partial charge >= 0.3 is 0 Å². The van der Waals surface area contributed by atoms with E-state index in [9.17, 15) is 4.39 Å². The molecule has 5 heterocycles. The van der Waals surface area contributed by atoms with E-state index < -0.39 is 0 Å². The second kappa shape index (κ2) is 12.1. The number of aromatic amines is 2. The number of likely N-dealkylation sites (N-methyl/N-ethyl adjacent to an activating group) is 2. The monoisotopic (exact) mass is 580 g/mol. The molecule has 11 nitrogen and oxygen atoms in total. The summed E-state index contributed by atoms with van der Waals surface area (Å²) in [5.41, 5.74) is 6.26. The van der Waals surface area contributed by atoms with Crippen LogP contribution in [0.15, 0.2) is 61.2 Å². The molecule has 0 aliphatic carbocycles. The fourth-order valence-electron chi connectivity index (χ4n) is 4.75. The van der Waals surface area contributed by atoms with Crippen molar-refractivity contribution in [3.63, 3.8) is 0 Å². The number of hydrogen-bond acceptors (Lipinski definition) is 9. The molecule has 0 aliphatic heterocycles. The van der Waals surface area contributed by atoms with Gasteiger partial charge in [-0.25, -0.2) is 14.4 Å². The highest BCUT2D eigenvalue weighted by molar-refractivity contribution is 5.96. The van der Waals surface area contributed by atoms with Crippen LogP contribution < -0.4 is 10.1 Å². The molecule has 0 spiro atoms. The quantitative estimate of drug-likeness (QED) is 0.200. The van der Waals surface area contributed by atoms with Crippen molar-refractivity contribution in [3.05, 3.63) is 67.0 Å². The molecule has 0 amide bonds. The fraction of sp³-hybridized carbons (Fsp3) is 0.258. The first-order valence-electron chi connectivity index (χ1n) is 14.0. The molecule has 0 fully saturated rings. The van der Waals surface area contributed by atoms with Crippen LogP contribution in [0, 0.1) is 5.82 Å². The molecule has 220 valence electrons. The Balaban J connectivity index is 1.33. The predicted octanol–water partition coefficient (Wildman–Crippen LogP) is 4.68. The molecular formula is C31H33FN10O. The average molecular weight is 581 g/mol. The number of hydrogen-bond donors (Lipinski definition) is 3. The Labute approximate surface area is 248 Å². The van der Waals surface area contributed by atoms with E-state index >= 15 is 0 Å². The van der Waals surface area contributed by atoms with E-state index in [1.807, 2.05) is 52.5 Å². The summed E-state index contributed by atoms with van der Waals surface area (Å²) in [6, 6.07) is 10.6. The Morgan fingerprint density at radius 2 is 1.72 bits per heavy atom. The zero-order chi connectivity index (χ0) is 29.9. The van der Waals surface area contributed by atoms with Crippen LogP contribution in [-0.4, -0.2) is 99.3 Å². The van der Waals surface area contributed by atoms with E-state index in [1.54, 1.807) is 24.8 Å². The maximum absolute atomic E-state index is 14.7. The van der Waals surface area contributed by atoms with E-state index in [2.05, 4.69) is 45.2 Å². The van der Waals surface area contributed by atoms with Crippen molar-refractivity contribution in [2.24, 2.45) is 0 Å². The van der Waals surface area contributed by atoms with Crippen LogP contribution in [0.25, 0.3) is 56.0 Å². The molecule has 0 atom stereocenters. The number of nitrogens with zero attached hydrogens (tertiary/aromatic N) is 7. The van der Waals surface area contributed by atoms with E-state index in [0.717, 1.165) is 35.1 Å². The number of benzene rings is 1. The van der Waals surface area contributed by atoms with Crippen LogP contribution >= 0.6 is 0 Å². The van der Waals surface area contributed by atoms with Gasteiger partial charge in [-0.05, 0) is 64.6 Å². The van der Waals surface area contributed by atoms with Gasteiger partial charge in [0.1, 0.15) is 29.4 Å². The molecule has 3 N–H and O–H groups in total. The van der Waals surface area contributed by atoms with Gasteiger partial charge in [-0.2, -0.15) is 5.10 Å². The lowest BCUT2D eigenvalue weighted by atomic mass is 10.1. The highest BCUT2D eigenvalue weighted by atomic mass is 19.1. The summed E-state index contributed by atoms with van der Waals surface area (Å²) in [7, 11) is 8.00. The van der Waals surface area contributed by atoms with Gasteiger partial charge in [0, 0.05) is 60.6 Å². The molecule has 0 aliphatic rings. The number of nitrogens with one attached hydrogen (secondary N) is 3. The number of aromatic nitrogens is 7.